The number of hydrogen-bond acceptors (Lipinski definition) is 2. The molecule has 39 valence electrons. The van der Waals surface area contributed by atoms with Crippen LogP contribution < -0.4 is 0 Å². The van der Waals surface area contributed by atoms with E-state index in [-0.39, 0.29) is 39.3 Å². The van der Waals surface area contributed by atoms with Crippen molar-refractivity contribution < 1.29 is 47.3 Å². The minimum atomic E-state index is -0.933. The Labute approximate surface area is 66.9 Å². The number of hydrogen-bond donors (Lipinski definition) is 1. The predicted molar refractivity (Wildman–Crippen MR) is 19.5 cm³/mol. The zero-order valence-electron chi connectivity index (χ0n) is 4.05. The number of carboxylic acids is 1. The standard InChI is InChI=1S/C3H6O3.Y/c1-6-2-3(4)5;/h2H2,1H3,(H,4,5);. The largest absolute Gasteiger partial charge is 0.480 e. The summed E-state index contributed by atoms with van der Waals surface area (Å²) in [6.07, 6.45) is 0. The Morgan fingerprint density at radius 1 is 1.86 bits per heavy atom. The molecule has 7 heavy (non-hydrogen) atoms. The molecule has 0 heterocycles. The number of carbonyl (C=O) groups is 1. The fourth-order valence-electron chi connectivity index (χ4n) is 0.123. The van der Waals surface area contributed by atoms with E-state index in [1.807, 2.05) is 0 Å². The molecule has 1 N–H and O–H groups in total. The number of aliphatic carboxylic acids is 1. The molecule has 1 radical (unpaired) electrons. The van der Waals surface area contributed by atoms with E-state index in [0.29, 0.717) is 0 Å². The molecule has 3 nitrogen and oxygen atoms in total. The van der Waals surface area contributed by atoms with Crippen LogP contribution in [0.4, 0.5) is 0 Å². The first kappa shape index (κ1) is 10.5. The van der Waals surface area contributed by atoms with Crippen molar-refractivity contribution in [3.8, 4) is 0 Å². The minimum Gasteiger partial charge on any atom is -0.480 e. The number of carboxylic acid groups (broad SMARTS) is 1. The van der Waals surface area contributed by atoms with Crippen molar-refractivity contribution in [1.29, 1.82) is 0 Å². The Hall–Kier alpha value is 0.534. The fourth-order valence-corrected chi connectivity index (χ4v) is 0.123. The van der Waals surface area contributed by atoms with Gasteiger partial charge in [-0.25, -0.2) is 4.79 Å². The average molecular weight is 179 g/mol. The maximum absolute atomic E-state index is 9.47. The van der Waals surface area contributed by atoms with Gasteiger partial charge in [-0.3, -0.25) is 0 Å². The van der Waals surface area contributed by atoms with Gasteiger partial charge >= 0.3 is 5.97 Å². The van der Waals surface area contributed by atoms with Crippen molar-refractivity contribution in [2.24, 2.45) is 0 Å². The molecular weight excluding hydrogens is 173 g/mol. The molecule has 0 spiro atoms. The molecule has 0 aromatic heterocycles. The third-order valence-corrected chi connectivity index (χ3v) is 0.268. The zero-order valence-corrected chi connectivity index (χ0v) is 6.89. The Morgan fingerprint density at radius 2 is 2.29 bits per heavy atom. The Balaban J connectivity index is 0. The third kappa shape index (κ3) is 10.8. The summed E-state index contributed by atoms with van der Waals surface area (Å²) < 4.78 is 4.20. The maximum atomic E-state index is 9.47. The van der Waals surface area contributed by atoms with E-state index < -0.39 is 5.97 Å². The summed E-state index contributed by atoms with van der Waals surface area (Å²) in [5.74, 6) is -0.933. The van der Waals surface area contributed by atoms with Gasteiger partial charge in [-0.2, -0.15) is 0 Å². The predicted octanol–water partition coefficient (Wildman–Crippen LogP) is -0.285. The number of methoxy groups -OCH3 is 1. The second-order valence-corrected chi connectivity index (χ2v) is 0.827. The first-order chi connectivity index (χ1) is 2.77. The van der Waals surface area contributed by atoms with Gasteiger partial charge in [0.2, 0.25) is 0 Å². The van der Waals surface area contributed by atoms with Crippen LogP contribution in [0.25, 0.3) is 0 Å². The van der Waals surface area contributed by atoms with Gasteiger partial charge in [0.1, 0.15) is 6.61 Å². The average Bonchev–Trinajstić information content (AvgIpc) is 1.35. The minimum absolute atomic E-state index is 0. The van der Waals surface area contributed by atoms with Gasteiger partial charge in [0.25, 0.3) is 0 Å². The summed E-state index contributed by atoms with van der Waals surface area (Å²) in [5.41, 5.74) is 0. The van der Waals surface area contributed by atoms with Crippen LogP contribution in [0, 0.1) is 0 Å². The molecule has 0 rings (SSSR count). The summed E-state index contributed by atoms with van der Waals surface area (Å²) in [4.78, 5) is 9.47. The van der Waals surface area contributed by atoms with Gasteiger partial charge in [-0.05, 0) is 0 Å². The topological polar surface area (TPSA) is 46.5 Å². The molecule has 0 aliphatic rings. The summed E-state index contributed by atoms with van der Waals surface area (Å²) in [6.45, 7) is -0.208. The van der Waals surface area contributed by atoms with Crippen molar-refractivity contribution in [3.63, 3.8) is 0 Å². The number of ether oxygens (including phenoxy) is 1. The van der Waals surface area contributed by atoms with E-state index in [4.69, 9.17) is 5.11 Å². The molecule has 0 aromatic rings. The molecule has 4 heteroatoms. The van der Waals surface area contributed by atoms with Gasteiger partial charge < -0.3 is 9.84 Å². The van der Waals surface area contributed by atoms with Crippen molar-refractivity contribution >= 4 is 5.97 Å². The van der Waals surface area contributed by atoms with Crippen molar-refractivity contribution in [1.82, 2.24) is 0 Å². The van der Waals surface area contributed by atoms with Crippen LogP contribution in [0.3, 0.4) is 0 Å². The second-order valence-electron chi connectivity index (χ2n) is 0.827. The number of rotatable bonds is 2. The van der Waals surface area contributed by atoms with Crippen molar-refractivity contribution in [2.45, 2.75) is 0 Å². The molecule has 0 fully saturated rings. The van der Waals surface area contributed by atoms with Gasteiger partial charge in [0.05, 0.1) is 0 Å². The molecule has 0 bridgehead atoms. The van der Waals surface area contributed by atoms with E-state index in [1.54, 1.807) is 0 Å². The molecular formula is C3H6O3Y. The Bertz CT molecular complexity index is 54.1. The molecule has 0 aliphatic carbocycles. The molecule has 0 amide bonds. The van der Waals surface area contributed by atoms with E-state index in [9.17, 15) is 4.79 Å². The quantitative estimate of drug-likeness (QED) is 0.633. The Morgan fingerprint density at radius 3 is 2.29 bits per heavy atom. The van der Waals surface area contributed by atoms with Crippen LogP contribution in [-0.4, -0.2) is 24.8 Å². The monoisotopic (exact) mass is 179 g/mol. The van der Waals surface area contributed by atoms with Crippen molar-refractivity contribution in [3.05, 3.63) is 0 Å². The first-order valence-electron chi connectivity index (χ1n) is 1.48. The Kier molecular flexibility index (Phi) is 9.80. The van der Waals surface area contributed by atoms with Crippen LogP contribution in [0.15, 0.2) is 0 Å². The molecule has 0 unspecified atom stereocenters. The normalized spacial score (nSPS) is 7.00. The van der Waals surface area contributed by atoms with E-state index in [0.717, 1.165) is 0 Å². The van der Waals surface area contributed by atoms with Crippen molar-refractivity contribution in [2.75, 3.05) is 13.7 Å². The molecule has 0 saturated carbocycles. The summed E-state index contributed by atoms with van der Waals surface area (Å²) in [6, 6.07) is 0. The van der Waals surface area contributed by atoms with Gasteiger partial charge in [-0.1, -0.05) is 0 Å². The van der Waals surface area contributed by atoms with E-state index in [2.05, 4.69) is 4.74 Å². The van der Waals surface area contributed by atoms with Crippen LogP contribution in [0.2, 0.25) is 0 Å². The summed E-state index contributed by atoms with van der Waals surface area (Å²) >= 11 is 0. The van der Waals surface area contributed by atoms with Gasteiger partial charge in [0.15, 0.2) is 0 Å². The smallest absolute Gasteiger partial charge is 0.329 e. The molecule has 0 atom stereocenters. The molecule has 0 saturated heterocycles. The maximum Gasteiger partial charge on any atom is 0.329 e. The fraction of sp³-hybridized carbons (Fsp3) is 0.667. The summed E-state index contributed by atoms with van der Waals surface area (Å²) in [5, 5.41) is 7.79. The van der Waals surface area contributed by atoms with Crippen LogP contribution >= 0.6 is 0 Å². The first-order valence-corrected chi connectivity index (χ1v) is 1.48. The van der Waals surface area contributed by atoms with E-state index in [1.165, 1.54) is 7.11 Å². The summed E-state index contributed by atoms with van der Waals surface area (Å²) in [7, 11) is 1.34. The van der Waals surface area contributed by atoms with Gasteiger partial charge in [0, 0.05) is 39.8 Å². The van der Waals surface area contributed by atoms with Crippen LogP contribution in [-0.2, 0) is 42.2 Å². The zero-order chi connectivity index (χ0) is 4.99. The van der Waals surface area contributed by atoms with E-state index >= 15 is 0 Å². The van der Waals surface area contributed by atoms with Crippen LogP contribution in [0.1, 0.15) is 0 Å². The van der Waals surface area contributed by atoms with Gasteiger partial charge in [-0.15, -0.1) is 0 Å². The van der Waals surface area contributed by atoms with Crippen LogP contribution in [0.5, 0.6) is 0 Å². The second kappa shape index (κ2) is 6.53. The molecule has 0 aromatic carbocycles. The molecule has 0 aliphatic heterocycles. The third-order valence-electron chi connectivity index (χ3n) is 0.268. The SMILES string of the molecule is COCC(=O)O.[Y].